The van der Waals surface area contributed by atoms with Crippen LogP contribution in [-0.4, -0.2) is 29.6 Å². The van der Waals surface area contributed by atoms with Crippen LogP contribution in [0.3, 0.4) is 0 Å². The molecule has 1 aliphatic rings. The molecule has 0 amide bonds. The van der Waals surface area contributed by atoms with Gasteiger partial charge >= 0.3 is 0 Å². The van der Waals surface area contributed by atoms with Crippen LogP contribution in [-0.2, 0) is 0 Å². The quantitative estimate of drug-likeness (QED) is 0.781. The van der Waals surface area contributed by atoms with E-state index in [-0.39, 0.29) is 0 Å². The van der Waals surface area contributed by atoms with Gasteiger partial charge in [-0.15, -0.1) is 0 Å². The summed E-state index contributed by atoms with van der Waals surface area (Å²) in [7, 11) is 0. The summed E-state index contributed by atoms with van der Waals surface area (Å²) in [5.41, 5.74) is 6.00. The minimum Gasteiger partial charge on any atom is -0.328 e. The maximum Gasteiger partial charge on any atom is 0.00844 e. The predicted molar refractivity (Wildman–Crippen MR) is 71.5 cm³/mol. The second kappa shape index (κ2) is 6.61. The van der Waals surface area contributed by atoms with E-state index >= 15 is 0 Å². The Labute approximate surface area is 102 Å². The molecule has 0 spiro atoms. The van der Waals surface area contributed by atoms with Gasteiger partial charge in [-0.3, -0.25) is 4.90 Å². The molecule has 3 atom stereocenters. The van der Waals surface area contributed by atoms with Gasteiger partial charge in [0.05, 0.1) is 0 Å². The maximum atomic E-state index is 6.00. The number of nitrogens with zero attached hydrogens (tertiary/aromatic N) is 1. The zero-order valence-electron chi connectivity index (χ0n) is 11.6. The smallest absolute Gasteiger partial charge is 0.00844 e. The third-order valence-corrected chi connectivity index (χ3v) is 3.94. The fourth-order valence-electron chi connectivity index (χ4n) is 2.87. The Morgan fingerprint density at radius 2 is 1.94 bits per heavy atom. The normalized spacial score (nSPS) is 29.6. The van der Waals surface area contributed by atoms with Gasteiger partial charge in [0.1, 0.15) is 0 Å². The van der Waals surface area contributed by atoms with Crippen LogP contribution in [0.4, 0.5) is 0 Å². The van der Waals surface area contributed by atoms with Gasteiger partial charge in [-0.1, -0.05) is 26.7 Å². The molecule has 0 aromatic rings. The molecule has 0 aliphatic carbocycles. The van der Waals surface area contributed by atoms with Gasteiger partial charge in [-0.05, 0) is 39.0 Å². The van der Waals surface area contributed by atoms with Crippen LogP contribution in [0.2, 0.25) is 0 Å². The third kappa shape index (κ3) is 4.42. The van der Waals surface area contributed by atoms with E-state index < -0.39 is 0 Å². The van der Waals surface area contributed by atoms with Crippen molar-refractivity contribution in [3.8, 4) is 0 Å². The molecule has 0 radical (unpaired) electrons. The molecule has 0 bridgehead atoms. The van der Waals surface area contributed by atoms with Gasteiger partial charge in [0, 0.05) is 24.7 Å². The van der Waals surface area contributed by atoms with Gasteiger partial charge in [0.25, 0.3) is 0 Å². The SMILES string of the molecule is CC(C)CCCC(C)N1CCC(N)CC1C. The zero-order valence-corrected chi connectivity index (χ0v) is 11.6. The summed E-state index contributed by atoms with van der Waals surface area (Å²) in [5.74, 6) is 0.847. The fraction of sp³-hybridized carbons (Fsp3) is 1.00. The summed E-state index contributed by atoms with van der Waals surface area (Å²) in [5, 5.41) is 0. The number of likely N-dealkylation sites (tertiary alicyclic amines) is 1. The van der Waals surface area contributed by atoms with Crippen molar-refractivity contribution in [3.05, 3.63) is 0 Å². The van der Waals surface area contributed by atoms with Crippen molar-refractivity contribution in [2.45, 2.75) is 77.9 Å². The molecule has 0 saturated carbocycles. The van der Waals surface area contributed by atoms with Crippen molar-refractivity contribution in [1.82, 2.24) is 4.90 Å². The molecule has 3 unspecified atom stereocenters. The second-order valence-corrected chi connectivity index (χ2v) is 6.05. The summed E-state index contributed by atoms with van der Waals surface area (Å²) < 4.78 is 0. The Kier molecular flexibility index (Phi) is 5.77. The average Bonchev–Trinajstić information content (AvgIpc) is 2.16. The lowest BCUT2D eigenvalue weighted by Gasteiger charge is -2.40. The largest absolute Gasteiger partial charge is 0.328 e. The Bertz CT molecular complexity index is 191. The summed E-state index contributed by atoms with van der Waals surface area (Å²) >= 11 is 0. The molecule has 2 nitrogen and oxygen atoms in total. The summed E-state index contributed by atoms with van der Waals surface area (Å²) in [6.45, 7) is 10.5. The molecule has 1 heterocycles. The molecular weight excluding hydrogens is 196 g/mol. The van der Waals surface area contributed by atoms with E-state index in [1.165, 1.54) is 38.6 Å². The summed E-state index contributed by atoms with van der Waals surface area (Å²) in [6, 6.07) is 1.85. The number of hydrogen-bond donors (Lipinski definition) is 1. The molecule has 1 saturated heterocycles. The van der Waals surface area contributed by atoms with Crippen LogP contribution in [0.15, 0.2) is 0 Å². The fourth-order valence-corrected chi connectivity index (χ4v) is 2.87. The number of hydrogen-bond acceptors (Lipinski definition) is 2. The highest BCUT2D eigenvalue weighted by Crippen LogP contribution is 2.21. The van der Waals surface area contributed by atoms with Crippen molar-refractivity contribution in [1.29, 1.82) is 0 Å². The highest BCUT2D eigenvalue weighted by atomic mass is 15.2. The van der Waals surface area contributed by atoms with E-state index in [0.717, 1.165) is 12.0 Å². The second-order valence-electron chi connectivity index (χ2n) is 6.05. The molecular formula is C14H30N2. The van der Waals surface area contributed by atoms with Gasteiger partial charge < -0.3 is 5.73 Å². The van der Waals surface area contributed by atoms with E-state index in [2.05, 4.69) is 32.6 Å². The van der Waals surface area contributed by atoms with Gasteiger partial charge in [0.15, 0.2) is 0 Å². The van der Waals surface area contributed by atoms with Crippen molar-refractivity contribution < 1.29 is 0 Å². The molecule has 2 heteroatoms. The van der Waals surface area contributed by atoms with Crippen molar-refractivity contribution >= 4 is 0 Å². The molecule has 1 aliphatic heterocycles. The standard InChI is InChI=1S/C14H30N2/c1-11(2)6-5-7-12(3)16-9-8-14(15)10-13(16)4/h11-14H,5-10,15H2,1-4H3. The maximum absolute atomic E-state index is 6.00. The number of nitrogens with two attached hydrogens (primary N) is 1. The first-order valence-corrected chi connectivity index (χ1v) is 7.02. The first-order chi connectivity index (χ1) is 7.50. The van der Waals surface area contributed by atoms with Crippen LogP contribution in [0.1, 0.15) is 59.8 Å². The third-order valence-electron chi connectivity index (χ3n) is 3.94. The topological polar surface area (TPSA) is 29.3 Å². The highest BCUT2D eigenvalue weighted by Gasteiger charge is 2.26. The van der Waals surface area contributed by atoms with Crippen molar-refractivity contribution in [3.63, 3.8) is 0 Å². The first kappa shape index (κ1) is 14.0. The van der Waals surface area contributed by atoms with Crippen LogP contribution >= 0.6 is 0 Å². The number of piperidine rings is 1. The molecule has 1 fully saturated rings. The van der Waals surface area contributed by atoms with E-state index in [1.807, 2.05) is 0 Å². The van der Waals surface area contributed by atoms with Crippen LogP contribution in [0.25, 0.3) is 0 Å². The van der Waals surface area contributed by atoms with E-state index in [4.69, 9.17) is 5.73 Å². The zero-order chi connectivity index (χ0) is 12.1. The summed E-state index contributed by atoms with van der Waals surface area (Å²) in [4.78, 5) is 2.66. The highest BCUT2D eigenvalue weighted by molar-refractivity contribution is 4.83. The average molecular weight is 226 g/mol. The Morgan fingerprint density at radius 1 is 1.25 bits per heavy atom. The van der Waals surface area contributed by atoms with E-state index in [1.54, 1.807) is 0 Å². The van der Waals surface area contributed by atoms with Gasteiger partial charge in [-0.25, -0.2) is 0 Å². The lowest BCUT2D eigenvalue weighted by Crippen LogP contribution is -2.49. The minimum absolute atomic E-state index is 0.439. The van der Waals surface area contributed by atoms with Gasteiger partial charge in [-0.2, -0.15) is 0 Å². The van der Waals surface area contributed by atoms with Crippen molar-refractivity contribution in [2.75, 3.05) is 6.54 Å². The van der Waals surface area contributed by atoms with Crippen LogP contribution in [0.5, 0.6) is 0 Å². The molecule has 2 N–H and O–H groups in total. The Balaban J connectivity index is 2.27. The predicted octanol–water partition coefficient (Wildman–Crippen LogP) is 3.01. The van der Waals surface area contributed by atoms with Gasteiger partial charge in [0.2, 0.25) is 0 Å². The van der Waals surface area contributed by atoms with Crippen molar-refractivity contribution in [2.24, 2.45) is 11.7 Å². The molecule has 96 valence electrons. The lowest BCUT2D eigenvalue weighted by molar-refractivity contribution is 0.0976. The Hall–Kier alpha value is -0.0800. The van der Waals surface area contributed by atoms with Crippen LogP contribution in [0, 0.1) is 5.92 Å². The molecule has 16 heavy (non-hydrogen) atoms. The molecule has 0 aromatic heterocycles. The van der Waals surface area contributed by atoms with Crippen LogP contribution < -0.4 is 5.73 Å². The monoisotopic (exact) mass is 226 g/mol. The summed E-state index contributed by atoms with van der Waals surface area (Å²) in [6.07, 6.45) is 6.44. The molecule has 0 aromatic carbocycles. The molecule has 1 rings (SSSR count). The van der Waals surface area contributed by atoms with E-state index in [9.17, 15) is 0 Å². The minimum atomic E-state index is 0.439. The Morgan fingerprint density at radius 3 is 2.50 bits per heavy atom. The number of rotatable bonds is 5. The first-order valence-electron chi connectivity index (χ1n) is 7.02. The van der Waals surface area contributed by atoms with E-state index in [0.29, 0.717) is 12.1 Å². The lowest BCUT2D eigenvalue weighted by atomic mass is 9.95.